The fraction of sp³-hybridized carbons (Fsp3) is 0.0588. The third-order valence-electron chi connectivity index (χ3n) is 3.58. The van der Waals surface area contributed by atoms with Crippen LogP contribution in [0.4, 0.5) is 5.69 Å². The van der Waals surface area contributed by atoms with Crippen molar-refractivity contribution in [2.45, 2.75) is 6.92 Å². The third-order valence-corrected chi connectivity index (χ3v) is 3.58. The first-order valence-corrected chi connectivity index (χ1v) is 6.53. The molecule has 0 saturated heterocycles. The Hall–Kier alpha value is -3.06. The van der Waals surface area contributed by atoms with E-state index in [1.807, 2.05) is 19.1 Å². The van der Waals surface area contributed by atoms with Gasteiger partial charge in [-0.3, -0.25) is 4.79 Å². The van der Waals surface area contributed by atoms with Crippen molar-refractivity contribution in [3.8, 4) is 6.07 Å². The van der Waals surface area contributed by atoms with Crippen LogP contribution in [0.5, 0.6) is 0 Å². The van der Waals surface area contributed by atoms with E-state index in [2.05, 4.69) is 11.1 Å². The van der Waals surface area contributed by atoms with E-state index < -0.39 is 0 Å². The monoisotopic (exact) mass is 275 g/mol. The van der Waals surface area contributed by atoms with E-state index in [0.29, 0.717) is 27.8 Å². The van der Waals surface area contributed by atoms with Gasteiger partial charge in [-0.25, -0.2) is 0 Å². The van der Waals surface area contributed by atoms with Crippen LogP contribution in [0.25, 0.3) is 10.9 Å². The molecule has 0 bridgehead atoms. The Bertz CT molecular complexity index is 900. The van der Waals surface area contributed by atoms with E-state index in [-0.39, 0.29) is 5.78 Å². The first-order valence-electron chi connectivity index (χ1n) is 6.53. The number of fused-ring (bicyclic) bond motifs is 1. The van der Waals surface area contributed by atoms with E-state index in [0.717, 1.165) is 11.1 Å². The molecule has 3 rings (SSSR count). The molecule has 3 N–H and O–H groups in total. The van der Waals surface area contributed by atoms with Crippen LogP contribution in [0.3, 0.4) is 0 Å². The Morgan fingerprint density at radius 1 is 1.24 bits per heavy atom. The molecular weight excluding hydrogens is 262 g/mol. The topological polar surface area (TPSA) is 82.7 Å². The maximum absolute atomic E-state index is 12.8. The van der Waals surface area contributed by atoms with Crippen LogP contribution in [-0.2, 0) is 0 Å². The summed E-state index contributed by atoms with van der Waals surface area (Å²) in [5, 5.41) is 9.89. The molecule has 102 valence electrons. The van der Waals surface area contributed by atoms with Gasteiger partial charge in [0.1, 0.15) is 0 Å². The number of ketones is 1. The highest BCUT2D eigenvalue weighted by atomic mass is 16.1. The normalized spacial score (nSPS) is 10.5. The number of nitrogens with two attached hydrogens (primary N) is 1. The fourth-order valence-electron chi connectivity index (χ4n) is 2.49. The SMILES string of the molecule is Cc1ccc(N)cc1C(=O)c1c[nH]c2cccc(C#N)c12. The Morgan fingerprint density at radius 3 is 2.81 bits per heavy atom. The van der Waals surface area contributed by atoms with Crippen molar-refractivity contribution in [1.82, 2.24) is 4.98 Å². The summed E-state index contributed by atoms with van der Waals surface area (Å²) in [6.07, 6.45) is 1.65. The molecule has 0 spiro atoms. The number of hydrogen-bond acceptors (Lipinski definition) is 3. The van der Waals surface area contributed by atoms with Crippen LogP contribution in [0.2, 0.25) is 0 Å². The fourth-order valence-corrected chi connectivity index (χ4v) is 2.49. The first-order chi connectivity index (χ1) is 10.1. The summed E-state index contributed by atoms with van der Waals surface area (Å²) >= 11 is 0. The van der Waals surface area contributed by atoms with Gasteiger partial charge in [-0.05, 0) is 36.8 Å². The number of aryl methyl sites for hydroxylation is 1. The van der Waals surface area contributed by atoms with Crippen molar-refractivity contribution >= 4 is 22.4 Å². The van der Waals surface area contributed by atoms with Crippen LogP contribution in [-0.4, -0.2) is 10.8 Å². The summed E-state index contributed by atoms with van der Waals surface area (Å²) in [6.45, 7) is 1.87. The number of nitrogens with one attached hydrogen (secondary N) is 1. The van der Waals surface area contributed by atoms with Crippen molar-refractivity contribution in [2.24, 2.45) is 0 Å². The molecule has 3 aromatic rings. The summed E-state index contributed by atoms with van der Waals surface area (Å²) < 4.78 is 0. The molecule has 0 saturated carbocycles. The van der Waals surface area contributed by atoms with Gasteiger partial charge in [-0.2, -0.15) is 5.26 Å². The average molecular weight is 275 g/mol. The quantitative estimate of drug-likeness (QED) is 0.556. The smallest absolute Gasteiger partial charge is 0.195 e. The van der Waals surface area contributed by atoms with Crippen molar-refractivity contribution in [3.05, 3.63) is 64.8 Å². The number of nitriles is 1. The standard InChI is InChI=1S/C17H13N3O/c1-10-5-6-12(19)7-13(10)17(21)14-9-20-15-4-2-3-11(8-18)16(14)15/h2-7,9,20H,19H2,1H3. The second-order valence-electron chi connectivity index (χ2n) is 4.95. The van der Waals surface area contributed by atoms with Crippen LogP contribution in [0.15, 0.2) is 42.6 Å². The first kappa shape index (κ1) is 12.9. The molecular formula is C17H13N3O. The molecule has 0 fully saturated rings. The lowest BCUT2D eigenvalue weighted by atomic mass is 9.96. The number of carbonyl (C=O) groups is 1. The third kappa shape index (κ3) is 2.05. The molecule has 1 heterocycles. The number of nitrogen functional groups attached to an aromatic ring is 1. The highest BCUT2D eigenvalue weighted by Gasteiger charge is 2.18. The molecule has 2 aromatic carbocycles. The van der Waals surface area contributed by atoms with Gasteiger partial charge in [-0.1, -0.05) is 12.1 Å². The van der Waals surface area contributed by atoms with Gasteiger partial charge >= 0.3 is 0 Å². The van der Waals surface area contributed by atoms with Gasteiger partial charge in [0.15, 0.2) is 5.78 Å². The lowest BCUT2D eigenvalue weighted by Gasteiger charge is -2.06. The number of benzene rings is 2. The van der Waals surface area contributed by atoms with Gasteiger partial charge in [0.25, 0.3) is 0 Å². The van der Waals surface area contributed by atoms with Crippen molar-refractivity contribution in [3.63, 3.8) is 0 Å². The van der Waals surface area contributed by atoms with Gasteiger partial charge < -0.3 is 10.7 Å². The van der Waals surface area contributed by atoms with E-state index in [1.54, 1.807) is 30.5 Å². The molecule has 21 heavy (non-hydrogen) atoms. The Kier molecular flexibility index (Phi) is 2.96. The maximum atomic E-state index is 12.8. The lowest BCUT2D eigenvalue weighted by molar-refractivity contribution is 0.104. The molecule has 0 aliphatic rings. The maximum Gasteiger partial charge on any atom is 0.195 e. The zero-order valence-corrected chi connectivity index (χ0v) is 11.5. The van der Waals surface area contributed by atoms with Gasteiger partial charge in [-0.15, -0.1) is 0 Å². The molecule has 0 atom stereocenters. The molecule has 0 aliphatic carbocycles. The van der Waals surface area contributed by atoms with Crippen LogP contribution in [0.1, 0.15) is 27.0 Å². The number of carbonyl (C=O) groups excluding carboxylic acids is 1. The number of nitrogens with zero attached hydrogens (tertiary/aromatic N) is 1. The number of aromatic amines is 1. The molecule has 4 heteroatoms. The zero-order valence-electron chi connectivity index (χ0n) is 11.5. The second-order valence-corrected chi connectivity index (χ2v) is 4.95. The number of anilines is 1. The summed E-state index contributed by atoms with van der Waals surface area (Å²) in [5.41, 5.74) is 9.50. The second kappa shape index (κ2) is 4.80. The van der Waals surface area contributed by atoms with E-state index in [9.17, 15) is 10.1 Å². The lowest BCUT2D eigenvalue weighted by Crippen LogP contribution is -2.04. The number of rotatable bonds is 2. The minimum atomic E-state index is -0.131. The van der Waals surface area contributed by atoms with Gasteiger partial charge in [0.05, 0.1) is 11.6 Å². The number of H-pyrrole nitrogens is 1. The predicted octanol–water partition coefficient (Wildman–Crippen LogP) is 3.16. The molecule has 0 amide bonds. The summed E-state index contributed by atoms with van der Waals surface area (Å²) in [5.74, 6) is -0.131. The Morgan fingerprint density at radius 2 is 2.05 bits per heavy atom. The predicted molar refractivity (Wildman–Crippen MR) is 82.0 cm³/mol. The minimum absolute atomic E-state index is 0.131. The largest absolute Gasteiger partial charge is 0.399 e. The van der Waals surface area contributed by atoms with Gasteiger partial charge in [0.2, 0.25) is 0 Å². The number of aromatic nitrogens is 1. The highest BCUT2D eigenvalue weighted by molar-refractivity contribution is 6.18. The highest BCUT2D eigenvalue weighted by Crippen LogP contribution is 2.26. The van der Waals surface area contributed by atoms with Crippen LogP contribution in [0, 0.1) is 18.3 Å². The number of hydrogen-bond donors (Lipinski definition) is 2. The van der Waals surface area contributed by atoms with Crippen LogP contribution < -0.4 is 5.73 Å². The minimum Gasteiger partial charge on any atom is -0.399 e. The van der Waals surface area contributed by atoms with E-state index in [1.165, 1.54) is 0 Å². The Labute approximate surface area is 121 Å². The van der Waals surface area contributed by atoms with Crippen LogP contribution >= 0.6 is 0 Å². The Balaban J connectivity index is 2.24. The molecule has 0 radical (unpaired) electrons. The molecule has 4 nitrogen and oxygen atoms in total. The average Bonchev–Trinajstić information content (AvgIpc) is 2.93. The summed E-state index contributed by atoms with van der Waals surface area (Å²) in [4.78, 5) is 15.8. The van der Waals surface area contributed by atoms with E-state index in [4.69, 9.17) is 5.73 Å². The zero-order chi connectivity index (χ0) is 15.0. The van der Waals surface area contributed by atoms with Crippen molar-refractivity contribution in [1.29, 1.82) is 5.26 Å². The summed E-state index contributed by atoms with van der Waals surface area (Å²) in [6, 6.07) is 12.7. The molecule has 0 aliphatic heterocycles. The van der Waals surface area contributed by atoms with Gasteiger partial charge in [0, 0.05) is 33.9 Å². The summed E-state index contributed by atoms with van der Waals surface area (Å²) in [7, 11) is 0. The van der Waals surface area contributed by atoms with E-state index >= 15 is 0 Å². The van der Waals surface area contributed by atoms with Crippen molar-refractivity contribution < 1.29 is 4.79 Å². The molecule has 1 aromatic heterocycles. The molecule has 0 unspecified atom stereocenters. The van der Waals surface area contributed by atoms with Crippen molar-refractivity contribution in [2.75, 3.05) is 5.73 Å².